The molecule has 1 heterocycles. The molecule has 0 spiro atoms. The van der Waals surface area contributed by atoms with Crippen LogP contribution >= 0.6 is 0 Å². The standard InChI is InChI=1S/C16H12F3N5O/c1-24-22-16(21-23-24)9-3-2-4-11(5-9)20-15(25)7-10-6-13(18)14(19)8-12(10)17/h2-6,8H,7H2,1H3,(H,20,25). The Labute approximate surface area is 140 Å². The first-order valence-electron chi connectivity index (χ1n) is 7.20. The third-order valence-corrected chi connectivity index (χ3v) is 3.35. The number of tetrazole rings is 1. The van der Waals surface area contributed by atoms with Crippen LogP contribution in [0.3, 0.4) is 0 Å². The predicted octanol–water partition coefficient (Wildman–Crippen LogP) is 2.48. The monoisotopic (exact) mass is 347 g/mol. The average molecular weight is 347 g/mol. The molecule has 0 atom stereocenters. The number of nitrogens with one attached hydrogen (secondary N) is 1. The Morgan fingerprint density at radius 2 is 1.88 bits per heavy atom. The molecule has 6 nitrogen and oxygen atoms in total. The van der Waals surface area contributed by atoms with E-state index in [9.17, 15) is 18.0 Å². The number of carbonyl (C=O) groups excluding carboxylic acids is 1. The van der Waals surface area contributed by atoms with Crippen molar-refractivity contribution >= 4 is 11.6 Å². The predicted molar refractivity (Wildman–Crippen MR) is 82.9 cm³/mol. The van der Waals surface area contributed by atoms with Crippen LogP contribution in [-0.2, 0) is 18.3 Å². The summed E-state index contributed by atoms with van der Waals surface area (Å²) in [7, 11) is 1.62. The second kappa shape index (κ2) is 6.71. The Balaban J connectivity index is 1.74. The van der Waals surface area contributed by atoms with Crippen molar-refractivity contribution in [3.05, 3.63) is 59.4 Å². The number of amides is 1. The van der Waals surface area contributed by atoms with Crippen LogP contribution in [0.4, 0.5) is 18.9 Å². The van der Waals surface area contributed by atoms with Crippen molar-refractivity contribution in [1.29, 1.82) is 0 Å². The van der Waals surface area contributed by atoms with E-state index in [1.165, 1.54) is 4.80 Å². The highest BCUT2D eigenvalue weighted by atomic mass is 19.2. The molecule has 0 fully saturated rings. The molecule has 3 aromatic rings. The SMILES string of the molecule is Cn1nnc(-c2cccc(NC(=O)Cc3cc(F)c(F)cc3F)c2)n1. The molecule has 0 saturated carbocycles. The van der Waals surface area contributed by atoms with Crippen LogP contribution < -0.4 is 5.32 Å². The van der Waals surface area contributed by atoms with E-state index in [4.69, 9.17) is 0 Å². The molecule has 0 unspecified atom stereocenters. The number of hydrogen-bond acceptors (Lipinski definition) is 4. The van der Waals surface area contributed by atoms with Crippen LogP contribution in [-0.4, -0.2) is 26.1 Å². The lowest BCUT2D eigenvalue weighted by atomic mass is 10.1. The van der Waals surface area contributed by atoms with Crippen LogP contribution in [0.5, 0.6) is 0 Å². The number of rotatable bonds is 4. The number of anilines is 1. The molecule has 25 heavy (non-hydrogen) atoms. The van der Waals surface area contributed by atoms with Gasteiger partial charge in [0.25, 0.3) is 0 Å². The number of nitrogens with zero attached hydrogens (tertiary/aromatic N) is 4. The number of carbonyl (C=O) groups is 1. The van der Waals surface area contributed by atoms with E-state index < -0.39 is 29.8 Å². The number of benzene rings is 2. The molecule has 0 bridgehead atoms. The second-order valence-electron chi connectivity index (χ2n) is 5.27. The van der Waals surface area contributed by atoms with Gasteiger partial charge in [0, 0.05) is 22.9 Å². The summed E-state index contributed by atoms with van der Waals surface area (Å²) in [5, 5.41) is 14.2. The maximum atomic E-state index is 13.6. The Morgan fingerprint density at radius 3 is 2.60 bits per heavy atom. The fourth-order valence-corrected chi connectivity index (χ4v) is 2.21. The third-order valence-electron chi connectivity index (χ3n) is 3.35. The molecule has 0 aliphatic rings. The van der Waals surface area contributed by atoms with Gasteiger partial charge in [-0.3, -0.25) is 4.79 Å². The van der Waals surface area contributed by atoms with Gasteiger partial charge in [0.2, 0.25) is 11.7 Å². The van der Waals surface area contributed by atoms with Gasteiger partial charge >= 0.3 is 0 Å². The van der Waals surface area contributed by atoms with Crippen LogP contribution in [0.2, 0.25) is 0 Å². The van der Waals surface area contributed by atoms with Gasteiger partial charge in [-0.05, 0) is 23.4 Å². The fraction of sp³-hybridized carbons (Fsp3) is 0.125. The molecule has 128 valence electrons. The van der Waals surface area contributed by atoms with E-state index in [0.29, 0.717) is 29.2 Å². The Kier molecular flexibility index (Phi) is 4.46. The van der Waals surface area contributed by atoms with Crippen molar-refractivity contribution in [2.75, 3.05) is 5.32 Å². The van der Waals surface area contributed by atoms with E-state index >= 15 is 0 Å². The highest BCUT2D eigenvalue weighted by Crippen LogP contribution is 2.19. The summed E-state index contributed by atoms with van der Waals surface area (Å²) in [4.78, 5) is 13.3. The van der Waals surface area contributed by atoms with Crippen molar-refractivity contribution in [2.24, 2.45) is 7.05 Å². The molecule has 1 N–H and O–H groups in total. The first kappa shape index (κ1) is 16.6. The molecule has 0 aliphatic carbocycles. The van der Waals surface area contributed by atoms with E-state index in [1.807, 2.05) is 0 Å². The molecule has 0 radical (unpaired) electrons. The molecular weight excluding hydrogens is 335 g/mol. The molecule has 1 amide bonds. The maximum absolute atomic E-state index is 13.6. The van der Waals surface area contributed by atoms with Crippen molar-refractivity contribution in [2.45, 2.75) is 6.42 Å². The maximum Gasteiger partial charge on any atom is 0.228 e. The molecule has 0 aliphatic heterocycles. The third kappa shape index (κ3) is 3.82. The zero-order valence-corrected chi connectivity index (χ0v) is 13.0. The number of aryl methyl sites for hydroxylation is 1. The molecule has 2 aromatic carbocycles. The van der Waals surface area contributed by atoms with E-state index in [1.54, 1.807) is 31.3 Å². The normalized spacial score (nSPS) is 10.7. The van der Waals surface area contributed by atoms with E-state index in [0.717, 1.165) is 0 Å². The summed E-state index contributed by atoms with van der Waals surface area (Å²) in [6, 6.07) is 7.75. The summed E-state index contributed by atoms with van der Waals surface area (Å²) < 4.78 is 39.7. The van der Waals surface area contributed by atoms with Crippen LogP contribution in [0, 0.1) is 17.5 Å². The van der Waals surface area contributed by atoms with E-state index in [2.05, 4.69) is 20.7 Å². The Hall–Kier alpha value is -3.23. The first-order valence-corrected chi connectivity index (χ1v) is 7.20. The first-order chi connectivity index (χ1) is 11.9. The van der Waals surface area contributed by atoms with Gasteiger partial charge in [0.05, 0.1) is 13.5 Å². The largest absolute Gasteiger partial charge is 0.326 e. The highest BCUT2D eigenvalue weighted by Gasteiger charge is 2.14. The number of hydrogen-bond donors (Lipinski definition) is 1. The van der Waals surface area contributed by atoms with E-state index in [-0.39, 0.29) is 5.56 Å². The van der Waals surface area contributed by atoms with Crippen molar-refractivity contribution < 1.29 is 18.0 Å². The lowest BCUT2D eigenvalue weighted by molar-refractivity contribution is -0.115. The average Bonchev–Trinajstić information content (AvgIpc) is 2.99. The summed E-state index contributed by atoms with van der Waals surface area (Å²) in [6.45, 7) is 0. The van der Waals surface area contributed by atoms with Crippen LogP contribution in [0.1, 0.15) is 5.56 Å². The fourth-order valence-electron chi connectivity index (χ4n) is 2.21. The number of halogens is 3. The van der Waals surface area contributed by atoms with Crippen molar-refractivity contribution in [3.8, 4) is 11.4 Å². The van der Waals surface area contributed by atoms with Gasteiger partial charge in [-0.2, -0.15) is 4.80 Å². The Bertz CT molecular complexity index is 941. The summed E-state index contributed by atoms with van der Waals surface area (Å²) in [5.74, 6) is -3.68. The van der Waals surface area contributed by atoms with Gasteiger partial charge < -0.3 is 5.32 Å². The summed E-state index contributed by atoms with van der Waals surface area (Å²) in [6.07, 6.45) is -0.434. The molecule has 1 aromatic heterocycles. The number of aromatic nitrogens is 4. The lowest BCUT2D eigenvalue weighted by Crippen LogP contribution is -2.15. The summed E-state index contributed by atoms with van der Waals surface area (Å²) in [5.41, 5.74) is 0.825. The summed E-state index contributed by atoms with van der Waals surface area (Å²) >= 11 is 0. The van der Waals surface area contributed by atoms with Gasteiger partial charge in [0.1, 0.15) is 5.82 Å². The van der Waals surface area contributed by atoms with Gasteiger partial charge in [-0.1, -0.05) is 12.1 Å². The minimum absolute atomic E-state index is 0.233. The van der Waals surface area contributed by atoms with Crippen LogP contribution in [0.25, 0.3) is 11.4 Å². The second-order valence-corrected chi connectivity index (χ2v) is 5.27. The highest BCUT2D eigenvalue weighted by molar-refractivity contribution is 5.92. The van der Waals surface area contributed by atoms with Gasteiger partial charge in [-0.15, -0.1) is 10.2 Å². The molecule has 0 saturated heterocycles. The zero-order chi connectivity index (χ0) is 18.0. The quantitative estimate of drug-likeness (QED) is 0.736. The minimum Gasteiger partial charge on any atom is -0.326 e. The zero-order valence-electron chi connectivity index (χ0n) is 13.0. The Morgan fingerprint density at radius 1 is 1.12 bits per heavy atom. The smallest absolute Gasteiger partial charge is 0.228 e. The molecular formula is C16H12F3N5O. The van der Waals surface area contributed by atoms with Gasteiger partial charge in [-0.25, -0.2) is 13.2 Å². The van der Waals surface area contributed by atoms with Crippen LogP contribution in [0.15, 0.2) is 36.4 Å². The van der Waals surface area contributed by atoms with Crippen molar-refractivity contribution in [3.63, 3.8) is 0 Å². The molecule has 3 rings (SSSR count). The minimum atomic E-state index is -1.30. The van der Waals surface area contributed by atoms with Gasteiger partial charge in [0.15, 0.2) is 11.6 Å². The molecule has 9 heteroatoms. The van der Waals surface area contributed by atoms with Crippen molar-refractivity contribution in [1.82, 2.24) is 20.2 Å². The topological polar surface area (TPSA) is 72.7 Å². The lowest BCUT2D eigenvalue weighted by Gasteiger charge is -2.07.